The van der Waals surface area contributed by atoms with E-state index in [9.17, 15) is 14.4 Å². The highest BCUT2D eigenvalue weighted by atomic mass is 16.5. The van der Waals surface area contributed by atoms with Crippen molar-refractivity contribution in [3.63, 3.8) is 0 Å². The molecular weight excluding hydrogens is 384 g/mol. The van der Waals surface area contributed by atoms with E-state index in [1.54, 1.807) is 28.8 Å². The van der Waals surface area contributed by atoms with E-state index >= 15 is 0 Å². The number of carbonyl (C=O) groups is 1. The fraction of sp³-hybridized carbons (Fsp3) is 0.217. The molecule has 4 aromatic rings. The highest BCUT2D eigenvalue weighted by molar-refractivity contribution is 5.94. The van der Waals surface area contributed by atoms with Crippen molar-refractivity contribution in [3.8, 4) is 0 Å². The number of rotatable bonds is 3. The first-order chi connectivity index (χ1) is 14.5. The van der Waals surface area contributed by atoms with Gasteiger partial charge in [0.15, 0.2) is 0 Å². The van der Waals surface area contributed by atoms with Crippen LogP contribution in [-0.2, 0) is 24.3 Å². The molecule has 0 N–H and O–H groups in total. The summed E-state index contributed by atoms with van der Waals surface area (Å²) in [6.07, 6.45) is 1.65. The molecule has 5 rings (SSSR count). The topological polar surface area (TPSA) is 91.4 Å². The zero-order valence-corrected chi connectivity index (χ0v) is 16.3. The second-order valence-corrected chi connectivity index (χ2v) is 7.49. The summed E-state index contributed by atoms with van der Waals surface area (Å²) in [5.74, 6) is 0.198. The average Bonchev–Trinajstić information content (AvgIpc) is 3.20. The van der Waals surface area contributed by atoms with Crippen LogP contribution in [0.4, 0.5) is 0 Å². The summed E-state index contributed by atoms with van der Waals surface area (Å²) in [5.41, 5.74) is 2.21. The fourth-order valence-electron chi connectivity index (χ4n) is 3.89. The molecular formula is C23H18N2O5. The fourth-order valence-corrected chi connectivity index (χ4v) is 3.89. The molecule has 0 radical (unpaired) electrons. The molecule has 7 nitrogen and oxygen atoms in total. The Hall–Kier alpha value is -3.74. The molecule has 30 heavy (non-hydrogen) atoms. The van der Waals surface area contributed by atoms with Crippen molar-refractivity contribution in [2.24, 2.45) is 0 Å². The predicted octanol–water partition coefficient (Wildman–Crippen LogP) is 3.11. The minimum atomic E-state index is -0.548. The quantitative estimate of drug-likeness (QED) is 0.386. The highest BCUT2D eigenvalue weighted by Gasteiger charge is 2.18. The van der Waals surface area contributed by atoms with Crippen LogP contribution in [0.2, 0.25) is 0 Å². The Balaban J connectivity index is 1.44. The summed E-state index contributed by atoms with van der Waals surface area (Å²) in [4.78, 5) is 41.6. The predicted molar refractivity (Wildman–Crippen MR) is 111 cm³/mol. The van der Waals surface area contributed by atoms with Gasteiger partial charge in [-0.05, 0) is 43.2 Å². The Morgan fingerprint density at radius 3 is 2.83 bits per heavy atom. The maximum Gasteiger partial charge on any atom is 0.338 e. The van der Waals surface area contributed by atoms with Crippen LogP contribution < -0.4 is 11.2 Å². The zero-order valence-electron chi connectivity index (χ0n) is 16.3. The van der Waals surface area contributed by atoms with Crippen molar-refractivity contribution in [2.45, 2.75) is 32.9 Å². The number of fused-ring (bicyclic) bond motifs is 3. The van der Waals surface area contributed by atoms with E-state index in [0.29, 0.717) is 34.2 Å². The van der Waals surface area contributed by atoms with Crippen LogP contribution in [0.15, 0.2) is 56.5 Å². The van der Waals surface area contributed by atoms with Gasteiger partial charge < -0.3 is 9.15 Å². The molecule has 0 unspecified atom stereocenters. The third-order valence-electron chi connectivity index (χ3n) is 5.40. The van der Waals surface area contributed by atoms with Gasteiger partial charge in [0.2, 0.25) is 0 Å². The van der Waals surface area contributed by atoms with Gasteiger partial charge in [0, 0.05) is 30.0 Å². The van der Waals surface area contributed by atoms with Crippen molar-refractivity contribution in [2.75, 3.05) is 0 Å². The SMILES string of the molecule is Cc1ccc2c(COC(=O)c3ccc4c(=O)n5c(nc4c3)CCC5)cc(=O)oc2c1. The molecule has 0 fully saturated rings. The zero-order chi connectivity index (χ0) is 20.8. The number of aromatic nitrogens is 2. The lowest BCUT2D eigenvalue weighted by atomic mass is 10.1. The van der Waals surface area contributed by atoms with Gasteiger partial charge in [-0.15, -0.1) is 0 Å². The minimum Gasteiger partial charge on any atom is -0.457 e. The van der Waals surface area contributed by atoms with Crippen molar-refractivity contribution >= 4 is 27.8 Å². The third kappa shape index (κ3) is 3.08. The molecule has 0 spiro atoms. The van der Waals surface area contributed by atoms with Gasteiger partial charge in [0.1, 0.15) is 18.0 Å². The van der Waals surface area contributed by atoms with Crippen LogP contribution in [0.3, 0.4) is 0 Å². The summed E-state index contributed by atoms with van der Waals surface area (Å²) in [6, 6.07) is 11.6. The lowest BCUT2D eigenvalue weighted by Gasteiger charge is -2.09. The van der Waals surface area contributed by atoms with Gasteiger partial charge >= 0.3 is 11.6 Å². The Bertz CT molecular complexity index is 1450. The molecule has 1 aliphatic rings. The summed E-state index contributed by atoms with van der Waals surface area (Å²) < 4.78 is 12.4. The molecule has 1 aliphatic heterocycles. The van der Waals surface area contributed by atoms with Crippen LogP contribution in [0, 0.1) is 6.92 Å². The van der Waals surface area contributed by atoms with Gasteiger partial charge in [-0.2, -0.15) is 0 Å². The first-order valence-corrected chi connectivity index (χ1v) is 9.73. The molecule has 0 aliphatic carbocycles. The van der Waals surface area contributed by atoms with E-state index in [4.69, 9.17) is 9.15 Å². The molecule has 2 aromatic heterocycles. The normalized spacial score (nSPS) is 13.0. The molecule has 0 bridgehead atoms. The Morgan fingerprint density at radius 1 is 1.13 bits per heavy atom. The first-order valence-electron chi connectivity index (χ1n) is 9.73. The molecule has 0 amide bonds. The maximum atomic E-state index is 12.6. The number of hydrogen-bond donors (Lipinski definition) is 0. The van der Waals surface area contributed by atoms with Crippen LogP contribution in [-0.4, -0.2) is 15.5 Å². The van der Waals surface area contributed by atoms with Crippen LogP contribution in [0.1, 0.15) is 33.7 Å². The molecule has 0 atom stereocenters. The van der Waals surface area contributed by atoms with Crippen molar-refractivity contribution < 1.29 is 13.9 Å². The lowest BCUT2D eigenvalue weighted by Crippen LogP contribution is -2.21. The van der Waals surface area contributed by atoms with Crippen LogP contribution in [0.5, 0.6) is 0 Å². The van der Waals surface area contributed by atoms with Crippen molar-refractivity contribution in [1.29, 1.82) is 0 Å². The van der Waals surface area contributed by atoms with Gasteiger partial charge in [-0.25, -0.2) is 14.6 Å². The highest BCUT2D eigenvalue weighted by Crippen LogP contribution is 2.21. The van der Waals surface area contributed by atoms with Crippen molar-refractivity contribution in [1.82, 2.24) is 9.55 Å². The number of esters is 1. The summed E-state index contributed by atoms with van der Waals surface area (Å²) in [5, 5.41) is 1.20. The number of nitrogens with zero attached hydrogens (tertiary/aromatic N) is 2. The lowest BCUT2D eigenvalue weighted by molar-refractivity contribution is 0.0474. The van der Waals surface area contributed by atoms with E-state index in [2.05, 4.69) is 4.98 Å². The summed E-state index contributed by atoms with van der Waals surface area (Å²) in [6.45, 7) is 2.52. The standard InChI is InChI=1S/C23H18N2O5/c1-13-4-6-16-15(11-21(26)30-19(16)9-13)12-29-23(28)14-5-7-17-18(10-14)24-20-3-2-8-25(20)22(17)27/h4-7,9-11H,2-3,8,12H2,1H3. The second-order valence-electron chi connectivity index (χ2n) is 7.49. The van der Waals surface area contributed by atoms with E-state index < -0.39 is 11.6 Å². The number of benzene rings is 2. The maximum absolute atomic E-state index is 12.6. The van der Waals surface area contributed by atoms with Crippen LogP contribution >= 0.6 is 0 Å². The smallest absolute Gasteiger partial charge is 0.338 e. The average molecular weight is 402 g/mol. The largest absolute Gasteiger partial charge is 0.457 e. The molecule has 2 aromatic carbocycles. The summed E-state index contributed by atoms with van der Waals surface area (Å²) >= 11 is 0. The van der Waals surface area contributed by atoms with Gasteiger partial charge in [-0.3, -0.25) is 9.36 Å². The minimum absolute atomic E-state index is 0.0672. The van der Waals surface area contributed by atoms with E-state index in [1.807, 2.05) is 19.1 Å². The third-order valence-corrected chi connectivity index (χ3v) is 5.40. The van der Waals surface area contributed by atoms with E-state index in [1.165, 1.54) is 6.07 Å². The molecule has 150 valence electrons. The Morgan fingerprint density at radius 2 is 1.97 bits per heavy atom. The molecule has 0 saturated carbocycles. The molecule has 7 heteroatoms. The Kier molecular flexibility index (Phi) is 4.24. The first kappa shape index (κ1) is 18.3. The number of hydrogen-bond acceptors (Lipinski definition) is 6. The molecule has 0 saturated heterocycles. The van der Waals surface area contributed by atoms with Gasteiger partial charge in [-0.1, -0.05) is 12.1 Å². The monoisotopic (exact) mass is 402 g/mol. The van der Waals surface area contributed by atoms with Crippen molar-refractivity contribution in [3.05, 3.63) is 85.8 Å². The Labute approximate surface area is 170 Å². The van der Waals surface area contributed by atoms with E-state index in [-0.39, 0.29) is 12.2 Å². The number of carbonyl (C=O) groups excluding carboxylic acids is 1. The van der Waals surface area contributed by atoms with Gasteiger partial charge in [0.05, 0.1) is 16.5 Å². The summed E-state index contributed by atoms with van der Waals surface area (Å²) in [7, 11) is 0. The van der Waals surface area contributed by atoms with Gasteiger partial charge in [0.25, 0.3) is 5.56 Å². The van der Waals surface area contributed by atoms with E-state index in [0.717, 1.165) is 29.6 Å². The molecule has 3 heterocycles. The number of aryl methyl sites for hydroxylation is 2. The van der Waals surface area contributed by atoms with Crippen LogP contribution in [0.25, 0.3) is 21.9 Å². The second kappa shape index (κ2) is 6.95. The number of ether oxygens (including phenoxy) is 1.